The molecule has 0 aliphatic rings. The summed E-state index contributed by atoms with van der Waals surface area (Å²) in [5.41, 5.74) is 0. The third-order valence-electron chi connectivity index (χ3n) is 16.5. The minimum absolute atomic E-state index is 0.150. The number of unbranched alkanes of at least 4 members (excludes halogenated alkanes) is 49. The van der Waals surface area contributed by atoms with Crippen LogP contribution in [0.3, 0.4) is 0 Å². The van der Waals surface area contributed by atoms with Gasteiger partial charge in [0.15, 0.2) is 12.4 Å². The number of allylic oxidation sites excluding steroid dienone is 4. The lowest BCUT2D eigenvalue weighted by Crippen LogP contribution is -2.44. The fourth-order valence-corrected chi connectivity index (χ4v) is 10.9. The molecule has 0 N–H and O–H groups in total. The van der Waals surface area contributed by atoms with Crippen LogP contribution in [0.2, 0.25) is 0 Å². The molecule has 82 heavy (non-hydrogen) atoms. The Morgan fingerprint density at radius 1 is 0.366 bits per heavy atom. The van der Waals surface area contributed by atoms with Crippen molar-refractivity contribution in [2.75, 3.05) is 47.5 Å². The number of carbonyl (C=O) groups is 3. The molecule has 0 aliphatic carbocycles. The number of esters is 2. The van der Waals surface area contributed by atoms with Crippen molar-refractivity contribution in [1.82, 2.24) is 0 Å². The van der Waals surface area contributed by atoms with Crippen molar-refractivity contribution in [3.8, 4) is 0 Å². The average Bonchev–Trinajstić information content (AvgIpc) is 3.45. The van der Waals surface area contributed by atoms with E-state index in [4.69, 9.17) is 18.9 Å². The molecular formula is C73H139NO8. The van der Waals surface area contributed by atoms with Gasteiger partial charge in [0.05, 0.1) is 40.3 Å². The Morgan fingerprint density at radius 2 is 0.659 bits per heavy atom. The molecule has 0 bridgehead atoms. The van der Waals surface area contributed by atoms with E-state index in [0.717, 1.165) is 44.9 Å². The molecule has 0 rings (SSSR count). The van der Waals surface area contributed by atoms with E-state index in [0.29, 0.717) is 23.9 Å². The van der Waals surface area contributed by atoms with E-state index < -0.39 is 24.3 Å². The predicted molar refractivity (Wildman–Crippen MR) is 348 cm³/mol. The van der Waals surface area contributed by atoms with Crippen LogP contribution in [0.1, 0.15) is 367 Å². The molecule has 0 aromatic heterocycles. The first-order chi connectivity index (χ1) is 40.1. The van der Waals surface area contributed by atoms with Gasteiger partial charge in [-0.15, -0.1) is 0 Å². The number of aliphatic carboxylic acids is 1. The maximum atomic E-state index is 12.9. The second-order valence-electron chi connectivity index (χ2n) is 25.9. The molecule has 0 aliphatic heterocycles. The maximum absolute atomic E-state index is 12.9. The highest BCUT2D eigenvalue weighted by atomic mass is 16.7. The zero-order valence-electron chi connectivity index (χ0n) is 55.4. The van der Waals surface area contributed by atoms with E-state index in [1.54, 1.807) is 0 Å². The van der Waals surface area contributed by atoms with Crippen molar-refractivity contribution in [2.24, 2.45) is 0 Å². The highest BCUT2D eigenvalue weighted by Crippen LogP contribution is 2.19. The summed E-state index contributed by atoms with van der Waals surface area (Å²) in [6.07, 6.45) is 77.1. The summed E-state index contributed by atoms with van der Waals surface area (Å²) < 4.78 is 22.8. The van der Waals surface area contributed by atoms with Gasteiger partial charge in [0, 0.05) is 12.8 Å². The third kappa shape index (κ3) is 65.3. The molecule has 9 heteroatoms. The van der Waals surface area contributed by atoms with Crippen molar-refractivity contribution in [3.05, 3.63) is 24.3 Å². The second kappa shape index (κ2) is 64.8. The molecule has 2 unspecified atom stereocenters. The van der Waals surface area contributed by atoms with E-state index in [1.807, 2.05) is 21.1 Å². The summed E-state index contributed by atoms with van der Waals surface area (Å²) in [6, 6.07) is 0. The molecule has 0 amide bonds. The van der Waals surface area contributed by atoms with Crippen LogP contribution in [0, 0.1) is 0 Å². The number of quaternary nitrogens is 1. The molecule has 0 radical (unpaired) electrons. The molecular weight excluding hydrogens is 1020 g/mol. The van der Waals surface area contributed by atoms with E-state index in [9.17, 15) is 19.5 Å². The number of nitrogens with zero attached hydrogens (tertiary/aromatic N) is 1. The van der Waals surface area contributed by atoms with Crippen LogP contribution in [0.15, 0.2) is 24.3 Å². The van der Waals surface area contributed by atoms with Crippen LogP contribution in [0.25, 0.3) is 0 Å². The summed E-state index contributed by atoms with van der Waals surface area (Å²) >= 11 is 0. The molecule has 0 heterocycles. The number of carboxylic acid groups (broad SMARTS) is 1. The van der Waals surface area contributed by atoms with Crippen LogP contribution in [0.5, 0.6) is 0 Å². The Hall–Kier alpha value is -2.23. The second-order valence-corrected chi connectivity index (χ2v) is 25.9. The van der Waals surface area contributed by atoms with E-state index >= 15 is 0 Å². The molecule has 0 fully saturated rings. The van der Waals surface area contributed by atoms with Crippen molar-refractivity contribution < 1.29 is 42.9 Å². The lowest BCUT2D eigenvalue weighted by Gasteiger charge is -2.26. The number of likely N-dealkylation sites (N-methyl/N-ethyl adjacent to an activating group) is 1. The van der Waals surface area contributed by atoms with Gasteiger partial charge in [-0.25, -0.2) is 0 Å². The smallest absolute Gasteiger partial charge is 0.306 e. The van der Waals surface area contributed by atoms with Gasteiger partial charge in [-0.3, -0.25) is 9.59 Å². The third-order valence-corrected chi connectivity index (χ3v) is 16.5. The van der Waals surface area contributed by atoms with Crippen molar-refractivity contribution >= 4 is 17.9 Å². The Morgan fingerprint density at radius 3 is 0.963 bits per heavy atom. The quantitative estimate of drug-likeness (QED) is 0.0195. The Balaban J connectivity index is 4.01. The van der Waals surface area contributed by atoms with Gasteiger partial charge in [0.2, 0.25) is 0 Å². The van der Waals surface area contributed by atoms with Gasteiger partial charge in [-0.05, 0) is 44.9 Å². The Labute approximate surface area is 509 Å². The topological polar surface area (TPSA) is 111 Å². The zero-order valence-corrected chi connectivity index (χ0v) is 55.4. The molecule has 0 saturated heterocycles. The number of carboxylic acids is 1. The monoisotopic (exact) mass is 1160 g/mol. The van der Waals surface area contributed by atoms with Gasteiger partial charge in [-0.1, -0.05) is 334 Å². The SMILES string of the molecule is CCCCCCC/C=C\C/C=C\CCCCCCCCCCCCCC(=O)OC(COC(=O)CCCCCCCCCCCCCCCCCCCCCCCCCCCCCCCCCCCC)COC(OCC[N+](C)(C)C)C(=O)[O-]. The van der Waals surface area contributed by atoms with Crippen LogP contribution >= 0.6 is 0 Å². The first kappa shape index (κ1) is 79.8. The van der Waals surface area contributed by atoms with E-state index in [1.165, 1.54) is 289 Å². The first-order valence-corrected chi connectivity index (χ1v) is 36.0. The molecule has 484 valence electrons. The maximum Gasteiger partial charge on any atom is 0.306 e. The van der Waals surface area contributed by atoms with Crippen LogP contribution < -0.4 is 5.11 Å². The van der Waals surface area contributed by atoms with Gasteiger partial charge >= 0.3 is 11.9 Å². The van der Waals surface area contributed by atoms with E-state index in [-0.39, 0.29) is 32.2 Å². The fourth-order valence-electron chi connectivity index (χ4n) is 10.9. The van der Waals surface area contributed by atoms with Crippen molar-refractivity contribution in [3.63, 3.8) is 0 Å². The number of hydrogen-bond donors (Lipinski definition) is 0. The van der Waals surface area contributed by atoms with Crippen LogP contribution in [0.4, 0.5) is 0 Å². The van der Waals surface area contributed by atoms with Gasteiger partial charge in [-0.2, -0.15) is 0 Å². The lowest BCUT2D eigenvalue weighted by molar-refractivity contribution is -0.870. The molecule has 9 nitrogen and oxygen atoms in total. The highest BCUT2D eigenvalue weighted by molar-refractivity contribution is 5.70. The number of rotatable bonds is 68. The summed E-state index contributed by atoms with van der Waals surface area (Å²) in [6.45, 7) is 4.81. The Kier molecular flexibility index (Phi) is 63.0. The van der Waals surface area contributed by atoms with Crippen molar-refractivity contribution in [1.29, 1.82) is 0 Å². The first-order valence-electron chi connectivity index (χ1n) is 36.0. The minimum Gasteiger partial charge on any atom is -0.545 e. The largest absolute Gasteiger partial charge is 0.545 e. The van der Waals surface area contributed by atoms with Gasteiger partial charge < -0.3 is 33.3 Å². The molecule has 2 atom stereocenters. The summed E-state index contributed by atoms with van der Waals surface area (Å²) in [7, 11) is 5.94. The fraction of sp³-hybridized carbons (Fsp3) is 0.904. The number of hydrogen-bond acceptors (Lipinski definition) is 8. The molecule has 0 spiro atoms. The van der Waals surface area contributed by atoms with Gasteiger partial charge in [0.25, 0.3) is 0 Å². The Bertz CT molecular complexity index is 1390. The van der Waals surface area contributed by atoms with Crippen LogP contribution in [-0.2, 0) is 33.3 Å². The summed E-state index contributed by atoms with van der Waals surface area (Å²) in [5.74, 6) is -2.26. The lowest BCUT2D eigenvalue weighted by atomic mass is 10.0. The zero-order chi connectivity index (χ0) is 59.8. The van der Waals surface area contributed by atoms with Gasteiger partial charge in [0.1, 0.15) is 13.2 Å². The highest BCUT2D eigenvalue weighted by Gasteiger charge is 2.22. The van der Waals surface area contributed by atoms with Crippen LogP contribution in [-0.4, -0.2) is 82.3 Å². The number of carbonyl (C=O) groups excluding carboxylic acids is 3. The summed E-state index contributed by atoms with van der Waals surface area (Å²) in [4.78, 5) is 37.5. The minimum atomic E-state index is -1.62. The molecule has 0 aromatic carbocycles. The number of ether oxygens (including phenoxy) is 4. The van der Waals surface area contributed by atoms with E-state index in [2.05, 4.69) is 38.2 Å². The molecule has 0 aromatic rings. The van der Waals surface area contributed by atoms with Crippen molar-refractivity contribution in [2.45, 2.75) is 379 Å². The normalized spacial score (nSPS) is 12.7. The summed E-state index contributed by atoms with van der Waals surface area (Å²) in [5, 5.41) is 11.8. The standard InChI is InChI=1S/C73H139NO8/c1-6-8-10-12-14-16-18-20-22-24-26-28-30-31-32-33-34-35-36-37-38-39-40-42-43-45-47-49-51-53-55-57-59-61-63-70(75)80-67-69(68-81-73(72(77)78)79-66-65-74(3,4)5)82-71(76)64-62-60-58-56-54-52-50-48-46-44-41-29-27-25-23-21-19-17-15-13-11-9-7-2/h19,21,25,27,69,73H,6-18,20,22-24,26,28-68H2,1-5H3/b21-19-,27-25-. The average molecular weight is 1160 g/mol. The molecule has 0 saturated carbocycles. The predicted octanol–water partition coefficient (Wildman–Crippen LogP) is 20.9.